The second-order valence-electron chi connectivity index (χ2n) is 6.96. The highest BCUT2D eigenvalue weighted by Gasteiger charge is 2.30. The lowest BCUT2D eigenvalue weighted by Crippen LogP contribution is -3.00. The molecule has 0 aliphatic rings. The summed E-state index contributed by atoms with van der Waals surface area (Å²) in [6, 6.07) is 5.60. The third-order valence-electron chi connectivity index (χ3n) is 5.04. The number of para-hydroxylation sites is 2. The first kappa shape index (κ1) is 25.5. The number of fused-ring (bicyclic) bond motifs is 1. The minimum absolute atomic E-state index is 0. The van der Waals surface area contributed by atoms with Crippen LogP contribution in [0.5, 0.6) is 0 Å². The van der Waals surface area contributed by atoms with E-state index in [0.29, 0.717) is 0 Å². The number of hydrogen-bond donors (Lipinski definition) is 0. The van der Waals surface area contributed by atoms with Crippen molar-refractivity contribution in [3.8, 4) is 0 Å². The summed E-state index contributed by atoms with van der Waals surface area (Å²) in [5.74, 6) is -21.6. The highest BCUT2D eigenvalue weighted by Crippen LogP contribution is 2.26. The molecule has 0 spiro atoms. The molecular weight excluding hydrogens is 550 g/mol. The Balaban J connectivity index is 0.00000324. The number of imidazole rings is 1. The molecule has 1 heterocycles. The van der Waals surface area contributed by atoms with Crippen LogP contribution < -0.4 is 21.5 Å². The molecule has 4 rings (SSSR count). The van der Waals surface area contributed by atoms with Gasteiger partial charge >= 0.3 is 0 Å². The summed E-state index contributed by atoms with van der Waals surface area (Å²) in [4.78, 5) is 0. The molecular formula is C21H9BrF10N2. The highest BCUT2D eigenvalue weighted by molar-refractivity contribution is 5.71. The van der Waals surface area contributed by atoms with Gasteiger partial charge < -0.3 is 17.0 Å². The van der Waals surface area contributed by atoms with Crippen molar-refractivity contribution in [1.82, 2.24) is 4.57 Å². The van der Waals surface area contributed by atoms with Gasteiger partial charge in [-0.25, -0.2) is 53.0 Å². The van der Waals surface area contributed by atoms with Gasteiger partial charge in [0, 0.05) is 0 Å². The van der Waals surface area contributed by atoms with Crippen molar-refractivity contribution >= 4 is 11.0 Å². The summed E-state index contributed by atoms with van der Waals surface area (Å²) in [6.45, 7) is -1.78. The molecule has 0 aliphatic carbocycles. The molecule has 0 radical (unpaired) electrons. The molecule has 3 aromatic carbocycles. The topological polar surface area (TPSA) is 8.81 Å². The Morgan fingerprint density at radius 2 is 0.971 bits per heavy atom. The monoisotopic (exact) mass is 558 g/mol. The van der Waals surface area contributed by atoms with Gasteiger partial charge in [-0.15, -0.1) is 0 Å². The molecule has 0 saturated carbocycles. The van der Waals surface area contributed by atoms with E-state index in [1.54, 1.807) is 0 Å². The van der Waals surface area contributed by atoms with Gasteiger partial charge in [-0.2, -0.15) is 0 Å². The average Bonchev–Trinajstić information content (AvgIpc) is 3.16. The second-order valence-corrected chi connectivity index (χ2v) is 6.96. The van der Waals surface area contributed by atoms with Crippen molar-refractivity contribution in [3.63, 3.8) is 0 Å². The summed E-state index contributed by atoms with van der Waals surface area (Å²) in [7, 11) is 0. The summed E-state index contributed by atoms with van der Waals surface area (Å²) < 4.78 is 139. The van der Waals surface area contributed by atoms with E-state index in [2.05, 4.69) is 0 Å². The van der Waals surface area contributed by atoms with Gasteiger partial charge in [-0.3, -0.25) is 0 Å². The van der Waals surface area contributed by atoms with Crippen molar-refractivity contribution in [3.05, 3.63) is 99.9 Å². The van der Waals surface area contributed by atoms with Crippen LogP contribution in [-0.2, 0) is 13.1 Å². The normalized spacial score (nSPS) is 11.2. The fraction of sp³-hybridized carbons (Fsp3) is 0.0952. The summed E-state index contributed by atoms with van der Waals surface area (Å²) in [5, 5.41) is 0. The molecule has 0 N–H and O–H groups in total. The number of benzene rings is 3. The van der Waals surface area contributed by atoms with Crippen LogP contribution in [0, 0.1) is 58.2 Å². The van der Waals surface area contributed by atoms with E-state index in [-0.39, 0.29) is 28.0 Å². The standard InChI is InChI=1S/C21H9F10N2.BrH/c22-12-8(13(23)17(27)20(30)16(12)26)5-32-7-33(11-4-2-1-3-10(11)32)6-9-14(24)18(28)21(31)19(29)15(9)25;/h1-4,7H,5-6H2;1H/q+1;/p-1. The first-order chi connectivity index (χ1) is 15.5. The number of aromatic nitrogens is 2. The highest BCUT2D eigenvalue weighted by atomic mass is 79.9. The van der Waals surface area contributed by atoms with E-state index in [9.17, 15) is 43.9 Å². The zero-order chi connectivity index (χ0) is 24.2. The van der Waals surface area contributed by atoms with Crippen molar-refractivity contribution in [2.75, 3.05) is 0 Å². The van der Waals surface area contributed by atoms with E-state index in [1.807, 2.05) is 0 Å². The quantitative estimate of drug-likeness (QED) is 0.157. The summed E-state index contributed by atoms with van der Waals surface area (Å²) >= 11 is 0. The van der Waals surface area contributed by atoms with Gasteiger partial charge in [0.05, 0.1) is 11.1 Å². The summed E-state index contributed by atoms with van der Waals surface area (Å²) in [6.07, 6.45) is 0.987. The Bertz CT molecular complexity index is 1270. The third-order valence-corrected chi connectivity index (χ3v) is 5.04. The molecule has 13 heteroatoms. The maximum Gasteiger partial charge on any atom is 0.245 e. The van der Waals surface area contributed by atoms with Crippen LogP contribution in [0.15, 0.2) is 30.6 Å². The molecule has 2 nitrogen and oxygen atoms in total. The molecule has 34 heavy (non-hydrogen) atoms. The molecule has 4 aromatic rings. The molecule has 0 atom stereocenters. The predicted molar refractivity (Wildman–Crippen MR) is 92.8 cm³/mol. The SMILES string of the molecule is Fc1c(F)c(F)c(Cn2c[n+](Cc3c(F)c(F)c(F)c(F)c3F)c3ccccc32)c(F)c1F.[Br-]. The van der Waals surface area contributed by atoms with Crippen LogP contribution in [0.1, 0.15) is 11.1 Å². The number of rotatable bonds is 4. The lowest BCUT2D eigenvalue weighted by atomic mass is 10.1. The van der Waals surface area contributed by atoms with Crippen LogP contribution in [-0.4, -0.2) is 4.57 Å². The fourth-order valence-electron chi connectivity index (χ4n) is 3.41. The third kappa shape index (κ3) is 3.91. The van der Waals surface area contributed by atoms with Gasteiger partial charge in [0.1, 0.15) is 13.1 Å². The Kier molecular flexibility index (Phi) is 6.97. The molecule has 0 aliphatic heterocycles. The molecule has 0 saturated heterocycles. The van der Waals surface area contributed by atoms with E-state index < -0.39 is 82.4 Å². The predicted octanol–water partition coefficient (Wildman–Crippen LogP) is 2.42. The van der Waals surface area contributed by atoms with Gasteiger partial charge in [0.2, 0.25) is 18.0 Å². The Hall–Kier alpha value is -3.09. The zero-order valence-corrected chi connectivity index (χ0v) is 17.9. The molecule has 1 aromatic heterocycles. The van der Waals surface area contributed by atoms with Crippen molar-refractivity contribution < 1.29 is 65.5 Å². The van der Waals surface area contributed by atoms with E-state index >= 15 is 0 Å². The Labute approximate surface area is 194 Å². The van der Waals surface area contributed by atoms with Crippen LogP contribution in [0.4, 0.5) is 43.9 Å². The van der Waals surface area contributed by atoms with E-state index in [4.69, 9.17) is 0 Å². The van der Waals surface area contributed by atoms with Gasteiger partial charge in [0.25, 0.3) is 0 Å². The van der Waals surface area contributed by atoms with E-state index in [1.165, 1.54) is 24.3 Å². The first-order valence-electron chi connectivity index (χ1n) is 9.02. The van der Waals surface area contributed by atoms with Crippen LogP contribution in [0.2, 0.25) is 0 Å². The zero-order valence-electron chi connectivity index (χ0n) is 16.4. The maximum absolute atomic E-state index is 14.1. The lowest BCUT2D eigenvalue weighted by Gasteiger charge is -2.07. The van der Waals surface area contributed by atoms with Crippen LogP contribution >= 0.6 is 0 Å². The maximum atomic E-state index is 14.1. The Morgan fingerprint density at radius 1 is 0.559 bits per heavy atom. The van der Waals surface area contributed by atoms with Gasteiger partial charge in [0.15, 0.2) is 57.6 Å². The molecule has 0 fully saturated rings. The van der Waals surface area contributed by atoms with E-state index in [0.717, 1.165) is 15.5 Å². The average molecular weight is 559 g/mol. The second kappa shape index (κ2) is 9.28. The van der Waals surface area contributed by atoms with Gasteiger partial charge in [-0.1, -0.05) is 12.1 Å². The summed E-state index contributed by atoms with van der Waals surface area (Å²) in [5.41, 5.74) is -2.14. The lowest BCUT2D eigenvalue weighted by molar-refractivity contribution is -0.663. The molecule has 0 bridgehead atoms. The van der Waals surface area contributed by atoms with Crippen molar-refractivity contribution in [2.24, 2.45) is 0 Å². The van der Waals surface area contributed by atoms with Crippen molar-refractivity contribution in [2.45, 2.75) is 13.1 Å². The minimum atomic E-state index is -2.34. The first-order valence-corrected chi connectivity index (χ1v) is 9.02. The van der Waals surface area contributed by atoms with Gasteiger partial charge in [-0.05, 0) is 12.1 Å². The fourth-order valence-corrected chi connectivity index (χ4v) is 3.41. The molecule has 0 unspecified atom stereocenters. The largest absolute Gasteiger partial charge is 1.00 e. The smallest absolute Gasteiger partial charge is 0.245 e. The van der Waals surface area contributed by atoms with Crippen LogP contribution in [0.25, 0.3) is 11.0 Å². The molecule has 0 amide bonds. The number of halogens is 11. The number of hydrogen-bond acceptors (Lipinski definition) is 0. The molecule has 180 valence electrons. The van der Waals surface area contributed by atoms with Crippen LogP contribution in [0.3, 0.4) is 0 Å². The minimum Gasteiger partial charge on any atom is -1.00 e. The number of nitrogens with zero attached hydrogens (tertiary/aromatic N) is 2. The van der Waals surface area contributed by atoms with Crippen molar-refractivity contribution in [1.29, 1.82) is 0 Å². The Morgan fingerprint density at radius 3 is 1.47 bits per heavy atom.